The molecule has 138 valence electrons. The van der Waals surface area contributed by atoms with E-state index in [4.69, 9.17) is 13.0 Å². The third-order valence-electron chi connectivity index (χ3n) is 3.49. The highest BCUT2D eigenvalue weighted by atomic mass is 127. The van der Waals surface area contributed by atoms with Crippen LogP contribution in [0.2, 0.25) is 0 Å². The molecule has 0 aliphatic carbocycles. The summed E-state index contributed by atoms with van der Waals surface area (Å²) in [4.78, 5) is 0. The fourth-order valence-electron chi connectivity index (χ4n) is 1.90. The molecule has 0 aromatic heterocycles. The van der Waals surface area contributed by atoms with Gasteiger partial charge in [-0.25, -0.2) is 8.42 Å². The van der Waals surface area contributed by atoms with Gasteiger partial charge in [0.15, 0.2) is 13.7 Å². The molecule has 0 bridgehead atoms. The highest BCUT2D eigenvalue weighted by molar-refractivity contribution is 7.86. The summed E-state index contributed by atoms with van der Waals surface area (Å²) in [5.41, 5.74) is 0.194. The van der Waals surface area contributed by atoms with E-state index in [1.165, 1.54) is 25.8 Å². The van der Waals surface area contributed by atoms with Gasteiger partial charge in [0.1, 0.15) is 0 Å². The minimum Gasteiger partial charge on any atom is -0.741 e. The lowest BCUT2D eigenvalue weighted by Gasteiger charge is -2.08. The SMILES string of the molecule is Cc1cc(C)c(C)c([I+]c2ccccc2)c1C.O=S(=O)([O-])C(F)(F)F. The Morgan fingerprint density at radius 2 is 1.32 bits per heavy atom. The normalized spacial score (nSPS) is 11.7. The quantitative estimate of drug-likeness (QED) is 0.363. The molecule has 0 spiro atoms. The second-order valence-electron chi connectivity index (χ2n) is 5.36. The fraction of sp³-hybridized carbons (Fsp3) is 0.294. The first kappa shape index (κ1) is 21.9. The second-order valence-corrected chi connectivity index (χ2v) is 9.60. The Hall–Kier alpha value is -1.13. The summed E-state index contributed by atoms with van der Waals surface area (Å²) in [6, 6.07) is 13.2. The maximum absolute atomic E-state index is 10.7. The summed E-state index contributed by atoms with van der Waals surface area (Å²) in [6.45, 7) is 8.97. The van der Waals surface area contributed by atoms with Gasteiger partial charge in [0.05, 0.1) is 0 Å². The van der Waals surface area contributed by atoms with Gasteiger partial charge >= 0.3 is 26.7 Å². The summed E-state index contributed by atoms with van der Waals surface area (Å²) >= 11 is -0.0483. The van der Waals surface area contributed by atoms with Crippen LogP contribution in [-0.4, -0.2) is 18.5 Å². The van der Waals surface area contributed by atoms with E-state index in [1.54, 1.807) is 3.57 Å². The summed E-state index contributed by atoms with van der Waals surface area (Å²) < 4.78 is 62.0. The van der Waals surface area contributed by atoms with Gasteiger partial charge < -0.3 is 4.55 Å². The number of rotatable bonds is 2. The van der Waals surface area contributed by atoms with Gasteiger partial charge in [-0.15, -0.1) is 0 Å². The predicted octanol–water partition coefficient (Wildman–Crippen LogP) is 1.10. The Morgan fingerprint density at radius 1 is 0.920 bits per heavy atom. The minimum absolute atomic E-state index is 0.0483. The predicted molar refractivity (Wildman–Crippen MR) is 85.0 cm³/mol. The van der Waals surface area contributed by atoms with Crippen LogP contribution in [0.15, 0.2) is 36.4 Å². The first-order valence-electron chi connectivity index (χ1n) is 7.14. The van der Waals surface area contributed by atoms with Crippen molar-refractivity contribution >= 4 is 10.1 Å². The highest BCUT2D eigenvalue weighted by Crippen LogP contribution is 2.20. The van der Waals surface area contributed by atoms with Crippen LogP contribution in [-0.2, 0) is 10.1 Å². The average molecular weight is 486 g/mol. The summed E-state index contributed by atoms with van der Waals surface area (Å²) in [5.74, 6) is 0. The van der Waals surface area contributed by atoms with Crippen LogP contribution < -0.4 is 21.2 Å². The summed E-state index contributed by atoms with van der Waals surface area (Å²) in [5, 5.41) is 0. The Balaban J connectivity index is 0.000000333. The minimum atomic E-state index is -6.09. The van der Waals surface area contributed by atoms with Crippen molar-refractivity contribution in [1.29, 1.82) is 0 Å². The van der Waals surface area contributed by atoms with Gasteiger partial charge in [-0.05, 0) is 51.0 Å². The van der Waals surface area contributed by atoms with Crippen molar-refractivity contribution in [1.82, 2.24) is 0 Å². The maximum Gasteiger partial charge on any atom is 0.485 e. The Labute approximate surface area is 156 Å². The van der Waals surface area contributed by atoms with Crippen molar-refractivity contribution in [3.8, 4) is 0 Å². The molecule has 0 radical (unpaired) electrons. The van der Waals surface area contributed by atoms with E-state index in [0.29, 0.717) is 0 Å². The summed E-state index contributed by atoms with van der Waals surface area (Å²) in [7, 11) is -6.09. The molecular weight excluding hydrogens is 468 g/mol. The molecule has 0 fully saturated rings. The van der Waals surface area contributed by atoms with Crippen LogP contribution >= 0.6 is 0 Å². The lowest BCUT2D eigenvalue weighted by Crippen LogP contribution is -3.62. The molecule has 0 aliphatic heterocycles. The largest absolute Gasteiger partial charge is 0.741 e. The van der Waals surface area contributed by atoms with Gasteiger partial charge in [0, 0.05) is 11.1 Å². The molecule has 0 aliphatic rings. The van der Waals surface area contributed by atoms with E-state index in [9.17, 15) is 13.2 Å². The van der Waals surface area contributed by atoms with Crippen molar-refractivity contribution in [2.75, 3.05) is 0 Å². The van der Waals surface area contributed by atoms with E-state index >= 15 is 0 Å². The molecular formula is C17H18F3IO3S. The number of halogens is 4. The smallest absolute Gasteiger partial charge is 0.485 e. The molecule has 0 heterocycles. The third-order valence-corrected chi connectivity index (χ3v) is 7.56. The third kappa shape index (κ3) is 6.27. The number of hydrogen-bond donors (Lipinski definition) is 0. The molecule has 0 unspecified atom stereocenters. The van der Waals surface area contributed by atoms with Crippen LogP contribution in [0, 0.1) is 34.8 Å². The Bertz CT molecular complexity index is 806. The number of benzene rings is 2. The molecule has 2 rings (SSSR count). The standard InChI is InChI=1S/C16H18I.CHF3O3S/c1-11-10-12(2)14(4)16(13(11)3)17-15-8-6-5-7-9-15;2-1(3,4)8(5,6)7/h5-10H,1-4H3;(H,5,6,7)/q+1;/p-1. The average Bonchev–Trinajstić information content (AvgIpc) is 2.49. The van der Waals surface area contributed by atoms with Crippen LogP contribution in [0.5, 0.6) is 0 Å². The van der Waals surface area contributed by atoms with Crippen LogP contribution in [0.25, 0.3) is 0 Å². The maximum atomic E-state index is 10.7. The van der Waals surface area contributed by atoms with E-state index < -0.39 is 15.6 Å². The molecule has 2 aromatic rings. The van der Waals surface area contributed by atoms with Crippen molar-refractivity contribution in [2.45, 2.75) is 33.2 Å². The van der Waals surface area contributed by atoms with Crippen molar-refractivity contribution in [3.05, 3.63) is 65.8 Å². The Kier molecular flexibility index (Phi) is 7.45. The van der Waals surface area contributed by atoms with E-state index in [2.05, 4.69) is 64.1 Å². The lowest BCUT2D eigenvalue weighted by molar-refractivity contribution is -0.598. The zero-order valence-electron chi connectivity index (χ0n) is 14.1. The monoisotopic (exact) mass is 486 g/mol. The lowest BCUT2D eigenvalue weighted by atomic mass is 10.0. The second kappa shape index (κ2) is 8.50. The van der Waals surface area contributed by atoms with Gasteiger partial charge in [-0.3, -0.25) is 0 Å². The Morgan fingerprint density at radius 3 is 1.68 bits per heavy atom. The molecule has 8 heteroatoms. The molecule has 25 heavy (non-hydrogen) atoms. The first-order valence-corrected chi connectivity index (χ1v) is 10.7. The topological polar surface area (TPSA) is 57.2 Å². The van der Waals surface area contributed by atoms with Gasteiger partial charge in [0.25, 0.3) is 0 Å². The fourth-order valence-corrected chi connectivity index (χ4v) is 4.95. The molecule has 0 saturated heterocycles. The first-order chi connectivity index (χ1) is 11.3. The molecule has 0 saturated carbocycles. The van der Waals surface area contributed by atoms with Gasteiger partial charge in [-0.2, -0.15) is 13.2 Å². The van der Waals surface area contributed by atoms with Crippen molar-refractivity contribution < 1.29 is 47.3 Å². The zero-order chi connectivity index (χ0) is 19.4. The van der Waals surface area contributed by atoms with Gasteiger partial charge in [-0.1, -0.05) is 24.3 Å². The van der Waals surface area contributed by atoms with Crippen molar-refractivity contribution in [3.63, 3.8) is 0 Å². The van der Waals surface area contributed by atoms with Crippen LogP contribution in [0.3, 0.4) is 0 Å². The van der Waals surface area contributed by atoms with E-state index in [-0.39, 0.29) is 21.2 Å². The number of aryl methyl sites for hydroxylation is 2. The number of alkyl halides is 3. The zero-order valence-corrected chi connectivity index (χ0v) is 17.1. The van der Waals surface area contributed by atoms with Crippen molar-refractivity contribution in [2.24, 2.45) is 0 Å². The molecule has 0 amide bonds. The highest BCUT2D eigenvalue weighted by Gasteiger charge is 2.36. The van der Waals surface area contributed by atoms with Gasteiger partial charge in [0.2, 0.25) is 3.57 Å². The van der Waals surface area contributed by atoms with Crippen LogP contribution in [0.4, 0.5) is 13.2 Å². The number of hydrogen-bond acceptors (Lipinski definition) is 3. The molecule has 0 atom stereocenters. The molecule has 0 N–H and O–H groups in total. The van der Waals surface area contributed by atoms with E-state index in [0.717, 1.165) is 0 Å². The van der Waals surface area contributed by atoms with Crippen LogP contribution in [0.1, 0.15) is 22.3 Å². The molecule has 2 aromatic carbocycles. The molecule has 3 nitrogen and oxygen atoms in total. The van der Waals surface area contributed by atoms with E-state index in [1.807, 2.05) is 0 Å². The summed E-state index contributed by atoms with van der Waals surface area (Å²) in [6.07, 6.45) is 0.